The summed E-state index contributed by atoms with van der Waals surface area (Å²) in [6.45, 7) is 9.68. The fourth-order valence-corrected chi connectivity index (χ4v) is 2.83. The molecule has 3 N–H and O–H groups in total. The first-order chi connectivity index (χ1) is 12.8. The first-order valence-electron chi connectivity index (χ1n) is 9.48. The van der Waals surface area contributed by atoms with Crippen LogP contribution in [0.3, 0.4) is 0 Å². The molecule has 0 saturated carbocycles. The number of hydrogen-bond acceptors (Lipinski definition) is 3. The first kappa shape index (κ1) is 20.7. The average Bonchev–Trinajstić information content (AvgIpc) is 3.09. The van der Waals surface area contributed by atoms with E-state index in [-0.39, 0.29) is 29.7 Å². The van der Waals surface area contributed by atoms with Gasteiger partial charge in [0.25, 0.3) is 0 Å². The second kappa shape index (κ2) is 9.35. The highest BCUT2D eigenvalue weighted by Gasteiger charge is 2.26. The normalized spacial score (nSPS) is 13.4. The molecule has 2 rings (SSSR count). The molecule has 0 aliphatic heterocycles. The number of benzene rings is 1. The predicted octanol–water partition coefficient (Wildman–Crippen LogP) is 3.44. The van der Waals surface area contributed by atoms with Crippen LogP contribution in [0.15, 0.2) is 36.5 Å². The highest BCUT2D eigenvalue weighted by molar-refractivity contribution is 5.88. The van der Waals surface area contributed by atoms with Crippen molar-refractivity contribution in [2.24, 2.45) is 11.8 Å². The van der Waals surface area contributed by atoms with Crippen molar-refractivity contribution in [1.82, 2.24) is 20.6 Å². The molecule has 0 spiro atoms. The number of rotatable bonds is 8. The number of carbonyl (C=O) groups excluding carboxylic acids is 2. The monoisotopic (exact) mass is 370 g/mol. The molecule has 0 aliphatic rings. The summed E-state index contributed by atoms with van der Waals surface area (Å²) >= 11 is 0. The van der Waals surface area contributed by atoms with Crippen LogP contribution in [0.2, 0.25) is 0 Å². The fourth-order valence-electron chi connectivity index (χ4n) is 2.83. The van der Waals surface area contributed by atoms with Gasteiger partial charge in [-0.25, -0.2) is 4.98 Å². The van der Waals surface area contributed by atoms with Crippen molar-refractivity contribution in [2.75, 3.05) is 0 Å². The summed E-state index contributed by atoms with van der Waals surface area (Å²) in [6.07, 6.45) is 2.17. The van der Waals surface area contributed by atoms with Gasteiger partial charge in [-0.1, -0.05) is 58.0 Å². The van der Waals surface area contributed by atoms with E-state index in [0.717, 1.165) is 11.3 Å². The Hall–Kier alpha value is -2.63. The fraction of sp³-hybridized carbons (Fsp3) is 0.476. The molecular formula is C21H30N4O2. The van der Waals surface area contributed by atoms with Crippen LogP contribution in [0, 0.1) is 11.8 Å². The van der Waals surface area contributed by atoms with Gasteiger partial charge in [0.15, 0.2) is 0 Å². The second-order valence-electron chi connectivity index (χ2n) is 7.67. The molecule has 27 heavy (non-hydrogen) atoms. The molecule has 146 valence electrons. The minimum atomic E-state index is -0.567. The van der Waals surface area contributed by atoms with E-state index in [9.17, 15) is 9.59 Å². The van der Waals surface area contributed by atoms with Gasteiger partial charge in [0.2, 0.25) is 11.8 Å². The summed E-state index contributed by atoms with van der Waals surface area (Å²) in [5.74, 6) is 0.616. The first-order valence-corrected chi connectivity index (χ1v) is 9.48. The Balaban J connectivity index is 2.02. The van der Waals surface area contributed by atoms with E-state index < -0.39 is 6.04 Å². The summed E-state index contributed by atoms with van der Waals surface area (Å²) in [6, 6.07) is 9.03. The van der Waals surface area contributed by atoms with Gasteiger partial charge in [0.05, 0.1) is 17.9 Å². The van der Waals surface area contributed by atoms with E-state index in [1.807, 2.05) is 65.0 Å². The Morgan fingerprint density at radius 2 is 1.70 bits per heavy atom. The minimum Gasteiger partial charge on any atom is -0.345 e. The van der Waals surface area contributed by atoms with Crippen molar-refractivity contribution in [2.45, 2.75) is 53.1 Å². The van der Waals surface area contributed by atoms with E-state index in [1.54, 1.807) is 6.20 Å². The molecule has 0 bridgehead atoms. The van der Waals surface area contributed by atoms with Gasteiger partial charge in [0, 0.05) is 6.42 Å². The van der Waals surface area contributed by atoms with Crippen LogP contribution < -0.4 is 10.6 Å². The quantitative estimate of drug-likeness (QED) is 0.665. The number of nitrogens with zero attached hydrogens (tertiary/aromatic N) is 1. The number of nitrogens with one attached hydrogen (secondary N) is 3. The van der Waals surface area contributed by atoms with Crippen LogP contribution in [0.1, 0.15) is 52.9 Å². The molecular weight excluding hydrogens is 340 g/mol. The van der Waals surface area contributed by atoms with E-state index in [0.29, 0.717) is 12.2 Å². The van der Waals surface area contributed by atoms with Gasteiger partial charge in [-0.05, 0) is 24.3 Å². The van der Waals surface area contributed by atoms with Gasteiger partial charge in [-0.3, -0.25) is 9.59 Å². The highest BCUT2D eigenvalue weighted by Crippen LogP contribution is 2.19. The summed E-state index contributed by atoms with van der Waals surface area (Å²) in [4.78, 5) is 32.4. The molecule has 1 heterocycles. The number of aromatic nitrogens is 2. The number of hydrogen-bond donors (Lipinski definition) is 3. The van der Waals surface area contributed by atoms with Crippen LogP contribution >= 0.6 is 0 Å². The largest absolute Gasteiger partial charge is 0.345 e. The minimum absolute atomic E-state index is 0.00945. The average molecular weight is 370 g/mol. The molecule has 0 saturated heterocycles. The Labute approximate surface area is 161 Å². The lowest BCUT2D eigenvalue weighted by Crippen LogP contribution is -2.50. The topological polar surface area (TPSA) is 86.9 Å². The number of amides is 2. The van der Waals surface area contributed by atoms with E-state index in [2.05, 4.69) is 20.6 Å². The van der Waals surface area contributed by atoms with Crippen LogP contribution in [0.4, 0.5) is 0 Å². The van der Waals surface area contributed by atoms with Crippen molar-refractivity contribution in [3.05, 3.63) is 42.4 Å². The predicted molar refractivity (Wildman–Crippen MR) is 107 cm³/mol. The highest BCUT2D eigenvalue weighted by atomic mass is 16.2. The van der Waals surface area contributed by atoms with Gasteiger partial charge in [-0.2, -0.15) is 0 Å². The van der Waals surface area contributed by atoms with Crippen LogP contribution in [-0.2, 0) is 9.59 Å². The third kappa shape index (κ3) is 5.94. The summed E-state index contributed by atoms with van der Waals surface area (Å²) in [7, 11) is 0. The molecule has 1 aromatic heterocycles. The summed E-state index contributed by atoms with van der Waals surface area (Å²) in [5, 5.41) is 5.81. The zero-order valence-electron chi connectivity index (χ0n) is 16.7. The maximum Gasteiger partial charge on any atom is 0.243 e. The third-order valence-electron chi connectivity index (χ3n) is 4.31. The number of carbonyl (C=O) groups is 2. The van der Waals surface area contributed by atoms with E-state index in [4.69, 9.17) is 0 Å². The standard InChI is InChI=1S/C21H30N4O2/c1-13(2)11-18(26)25-19(14(3)4)21(27)23-15(5)20-22-12-17(24-20)16-9-7-6-8-10-16/h6-10,12-15,19H,11H2,1-5H3,(H,22,24)(H,23,27)(H,25,26). The Kier molecular flexibility index (Phi) is 7.16. The molecule has 0 radical (unpaired) electrons. The van der Waals surface area contributed by atoms with Crippen molar-refractivity contribution in [1.29, 1.82) is 0 Å². The molecule has 0 aliphatic carbocycles. The van der Waals surface area contributed by atoms with Gasteiger partial charge in [-0.15, -0.1) is 0 Å². The third-order valence-corrected chi connectivity index (χ3v) is 4.31. The van der Waals surface area contributed by atoms with Crippen LogP contribution in [0.25, 0.3) is 11.3 Å². The van der Waals surface area contributed by atoms with Gasteiger partial charge in [0.1, 0.15) is 11.9 Å². The van der Waals surface area contributed by atoms with Crippen molar-refractivity contribution >= 4 is 11.8 Å². The lowest BCUT2D eigenvalue weighted by atomic mass is 10.0. The lowest BCUT2D eigenvalue weighted by molar-refractivity contribution is -0.130. The van der Waals surface area contributed by atoms with Crippen molar-refractivity contribution < 1.29 is 9.59 Å². The zero-order valence-corrected chi connectivity index (χ0v) is 16.7. The Bertz CT molecular complexity index is 753. The smallest absolute Gasteiger partial charge is 0.243 e. The SMILES string of the molecule is CC(C)CC(=O)NC(C(=O)NC(C)c1ncc(-c2ccccc2)[nH]1)C(C)C. The summed E-state index contributed by atoms with van der Waals surface area (Å²) in [5.41, 5.74) is 1.94. The maximum atomic E-state index is 12.7. The molecule has 1 aromatic carbocycles. The van der Waals surface area contributed by atoms with Crippen molar-refractivity contribution in [3.63, 3.8) is 0 Å². The van der Waals surface area contributed by atoms with E-state index in [1.165, 1.54) is 0 Å². The molecule has 2 unspecified atom stereocenters. The molecule has 0 fully saturated rings. The van der Waals surface area contributed by atoms with Crippen LogP contribution in [0.5, 0.6) is 0 Å². The number of aromatic amines is 1. The molecule has 2 amide bonds. The Morgan fingerprint density at radius 3 is 2.30 bits per heavy atom. The maximum absolute atomic E-state index is 12.7. The molecule has 2 aromatic rings. The van der Waals surface area contributed by atoms with Gasteiger partial charge < -0.3 is 15.6 Å². The second-order valence-corrected chi connectivity index (χ2v) is 7.67. The number of H-pyrrole nitrogens is 1. The molecule has 6 heteroatoms. The Morgan fingerprint density at radius 1 is 1.04 bits per heavy atom. The summed E-state index contributed by atoms with van der Waals surface area (Å²) < 4.78 is 0. The molecule has 6 nitrogen and oxygen atoms in total. The van der Waals surface area contributed by atoms with Crippen LogP contribution in [-0.4, -0.2) is 27.8 Å². The van der Waals surface area contributed by atoms with Crippen molar-refractivity contribution in [3.8, 4) is 11.3 Å². The van der Waals surface area contributed by atoms with E-state index >= 15 is 0 Å². The number of imidazole rings is 1. The molecule has 2 atom stereocenters. The lowest BCUT2D eigenvalue weighted by Gasteiger charge is -2.24. The van der Waals surface area contributed by atoms with Gasteiger partial charge >= 0.3 is 0 Å². The zero-order chi connectivity index (χ0) is 20.0.